The molecule has 1 saturated carbocycles. The maximum absolute atomic E-state index is 13.0. The first-order valence-electron chi connectivity index (χ1n) is 8.00. The average molecular weight is 314 g/mol. The number of carboxylic acid groups (broad SMARTS) is 1. The lowest BCUT2D eigenvalue weighted by Crippen LogP contribution is -2.46. The summed E-state index contributed by atoms with van der Waals surface area (Å²) < 4.78 is 1.68. The van der Waals surface area contributed by atoms with Gasteiger partial charge in [0.05, 0.1) is 5.56 Å². The first-order valence-corrected chi connectivity index (χ1v) is 8.00. The van der Waals surface area contributed by atoms with Crippen LogP contribution in [-0.2, 0) is 4.79 Å². The van der Waals surface area contributed by atoms with Gasteiger partial charge in [-0.15, -0.1) is 10.2 Å². The molecule has 1 aliphatic heterocycles. The zero-order valence-corrected chi connectivity index (χ0v) is 12.6. The number of aliphatic carboxylic acids is 1. The molecule has 2 aromatic heterocycles. The number of rotatable bonds is 2. The van der Waals surface area contributed by atoms with Crippen molar-refractivity contribution < 1.29 is 14.7 Å². The van der Waals surface area contributed by atoms with Crippen molar-refractivity contribution >= 4 is 17.5 Å². The van der Waals surface area contributed by atoms with Crippen LogP contribution in [-0.4, -0.2) is 48.6 Å². The van der Waals surface area contributed by atoms with Crippen molar-refractivity contribution in [2.75, 3.05) is 0 Å². The number of hydrogen-bond acceptors (Lipinski definition) is 4. The molecule has 1 N–H and O–H groups in total. The van der Waals surface area contributed by atoms with Gasteiger partial charge in [-0.3, -0.25) is 9.20 Å². The number of nitrogens with zero attached hydrogens (tertiary/aromatic N) is 4. The molecule has 4 rings (SSSR count). The summed E-state index contributed by atoms with van der Waals surface area (Å²) in [6.07, 6.45) is 7.88. The highest BCUT2D eigenvalue weighted by molar-refractivity contribution is 5.97. The normalized spacial score (nSPS) is 27.1. The van der Waals surface area contributed by atoms with E-state index in [1.54, 1.807) is 27.6 Å². The van der Waals surface area contributed by atoms with Crippen molar-refractivity contribution in [3.05, 3.63) is 30.2 Å². The number of hydrogen-bond donors (Lipinski definition) is 1. The minimum Gasteiger partial charge on any atom is -0.480 e. The predicted octanol–water partition coefficient (Wildman–Crippen LogP) is 1.59. The summed E-state index contributed by atoms with van der Waals surface area (Å²) in [6, 6.07) is 2.76. The van der Waals surface area contributed by atoms with Crippen LogP contribution in [0.1, 0.15) is 42.5 Å². The maximum atomic E-state index is 13.0. The smallest absolute Gasteiger partial charge is 0.326 e. The number of pyridine rings is 1. The van der Waals surface area contributed by atoms with Crippen molar-refractivity contribution in [2.45, 2.75) is 44.2 Å². The summed E-state index contributed by atoms with van der Waals surface area (Å²) in [5, 5.41) is 17.3. The van der Waals surface area contributed by atoms with Gasteiger partial charge >= 0.3 is 5.97 Å². The van der Waals surface area contributed by atoms with Crippen LogP contribution in [0.2, 0.25) is 0 Å². The Morgan fingerprint density at radius 3 is 2.87 bits per heavy atom. The summed E-state index contributed by atoms with van der Waals surface area (Å²) in [6.45, 7) is 0. The highest BCUT2D eigenvalue weighted by Gasteiger charge is 2.47. The number of likely N-dealkylation sites (tertiary alicyclic amines) is 1. The van der Waals surface area contributed by atoms with Gasteiger partial charge in [-0.2, -0.15) is 0 Å². The molecule has 2 aromatic rings. The monoisotopic (exact) mass is 314 g/mol. The Kier molecular flexibility index (Phi) is 3.28. The zero-order chi connectivity index (χ0) is 16.0. The lowest BCUT2D eigenvalue weighted by Gasteiger charge is -2.33. The van der Waals surface area contributed by atoms with Gasteiger partial charge in [0.2, 0.25) is 0 Å². The van der Waals surface area contributed by atoms with Gasteiger partial charge in [-0.05, 0) is 37.3 Å². The molecule has 120 valence electrons. The number of fused-ring (bicyclic) bond motifs is 2. The third-order valence-electron chi connectivity index (χ3n) is 5.15. The van der Waals surface area contributed by atoms with Gasteiger partial charge in [0, 0.05) is 12.2 Å². The summed E-state index contributed by atoms with van der Waals surface area (Å²) in [5.74, 6) is -0.798. The highest BCUT2D eigenvalue weighted by Crippen LogP contribution is 2.40. The number of carbonyl (C=O) groups excluding carboxylic acids is 1. The van der Waals surface area contributed by atoms with Gasteiger partial charge in [0.1, 0.15) is 12.4 Å². The molecule has 1 aliphatic carbocycles. The molecule has 3 heterocycles. The van der Waals surface area contributed by atoms with E-state index in [0.717, 1.165) is 25.7 Å². The molecule has 1 amide bonds. The van der Waals surface area contributed by atoms with Gasteiger partial charge in [0.15, 0.2) is 5.65 Å². The summed E-state index contributed by atoms with van der Waals surface area (Å²) in [4.78, 5) is 26.2. The highest BCUT2D eigenvalue weighted by atomic mass is 16.4. The van der Waals surface area contributed by atoms with E-state index >= 15 is 0 Å². The van der Waals surface area contributed by atoms with E-state index in [1.807, 2.05) is 0 Å². The molecule has 3 atom stereocenters. The fraction of sp³-hybridized carbons (Fsp3) is 0.500. The number of amides is 1. The lowest BCUT2D eigenvalue weighted by molar-refractivity contribution is -0.141. The van der Waals surface area contributed by atoms with Gasteiger partial charge in [-0.1, -0.05) is 12.8 Å². The van der Waals surface area contributed by atoms with Gasteiger partial charge in [-0.25, -0.2) is 4.79 Å². The van der Waals surface area contributed by atoms with Crippen molar-refractivity contribution in [3.63, 3.8) is 0 Å². The van der Waals surface area contributed by atoms with Crippen LogP contribution in [0, 0.1) is 5.92 Å². The molecule has 1 saturated heterocycles. The Balaban J connectivity index is 1.70. The van der Waals surface area contributed by atoms with Crippen LogP contribution in [0.15, 0.2) is 24.7 Å². The third-order valence-corrected chi connectivity index (χ3v) is 5.15. The van der Waals surface area contributed by atoms with E-state index in [4.69, 9.17) is 0 Å². The molecular formula is C16H18N4O3. The minimum atomic E-state index is -0.905. The van der Waals surface area contributed by atoms with E-state index < -0.39 is 12.0 Å². The second-order valence-electron chi connectivity index (χ2n) is 6.43. The Morgan fingerprint density at radius 1 is 1.22 bits per heavy atom. The Labute approximate surface area is 132 Å². The fourth-order valence-corrected chi connectivity index (χ4v) is 4.08. The van der Waals surface area contributed by atoms with Crippen LogP contribution in [0.4, 0.5) is 0 Å². The van der Waals surface area contributed by atoms with E-state index in [2.05, 4.69) is 10.2 Å². The second-order valence-corrected chi connectivity index (χ2v) is 6.43. The largest absolute Gasteiger partial charge is 0.480 e. The van der Waals surface area contributed by atoms with Crippen LogP contribution < -0.4 is 0 Å². The first-order chi connectivity index (χ1) is 11.1. The van der Waals surface area contributed by atoms with Crippen LogP contribution in [0.25, 0.3) is 5.65 Å². The van der Waals surface area contributed by atoms with Crippen molar-refractivity contribution in [1.29, 1.82) is 0 Å². The molecule has 7 nitrogen and oxygen atoms in total. The molecular weight excluding hydrogens is 296 g/mol. The van der Waals surface area contributed by atoms with Gasteiger partial charge in [0.25, 0.3) is 5.91 Å². The maximum Gasteiger partial charge on any atom is 0.326 e. The predicted molar refractivity (Wildman–Crippen MR) is 80.9 cm³/mol. The average Bonchev–Trinajstić information content (AvgIpc) is 3.17. The molecule has 3 unspecified atom stereocenters. The summed E-state index contributed by atoms with van der Waals surface area (Å²) in [7, 11) is 0. The number of carboxylic acids is 1. The van der Waals surface area contributed by atoms with Crippen molar-refractivity contribution in [1.82, 2.24) is 19.5 Å². The molecule has 2 aliphatic rings. The number of aromatic nitrogens is 3. The zero-order valence-electron chi connectivity index (χ0n) is 12.6. The SMILES string of the molecule is O=C(O)C1CC2CCCCC2N1C(=O)c1ccc2nncn2c1. The quantitative estimate of drug-likeness (QED) is 0.909. The Bertz CT molecular complexity index is 772. The minimum absolute atomic E-state index is 0.0500. The standard InChI is InChI=1S/C16H18N4O3/c21-15(11-5-6-14-18-17-9-19(14)8-11)20-12-4-2-1-3-10(12)7-13(20)16(22)23/h5-6,8-10,12-13H,1-4,7H2,(H,22,23). The Hall–Kier alpha value is -2.44. The second kappa shape index (κ2) is 5.33. The molecule has 23 heavy (non-hydrogen) atoms. The molecule has 0 aromatic carbocycles. The molecule has 7 heteroatoms. The summed E-state index contributed by atoms with van der Waals surface area (Å²) in [5.41, 5.74) is 1.14. The van der Waals surface area contributed by atoms with E-state index in [0.29, 0.717) is 23.5 Å². The topological polar surface area (TPSA) is 87.8 Å². The third kappa shape index (κ3) is 2.27. The lowest BCUT2D eigenvalue weighted by atomic mass is 9.84. The number of carbonyl (C=O) groups is 2. The molecule has 0 radical (unpaired) electrons. The van der Waals surface area contributed by atoms with E-state index in [1.165, 1.54) is 6.33 Å². The fourth-order valence-electron chi connectivity index (χ4n) is 4.08. The molecule has 2 fully saturated rings. The van der Waals surface area contributed by atoms with Crippen LogP contribution >= 0.6 is 0 Å². The van der Waals surface area contributed by atoms with Crippen molar-refractivity contribution in [3.8, 4) is 0 Å². The van der Waals surface area contributed by atoms with E-state index in [9.17, 15) is 14.7 Å². The van der Waals surface area contributed by atoms with Crippen LogP contribution in [0.3, 0.4) is 0 Å². The first kappa shape index (κ1) is 14.2. The Morgan fingerprint density at radius 2 is 2.04 bits per heavy atom. The van der Waals surface area contributed by atoms with Crippen molar-refractivity contribution in [2.24, 2.45) is 5.92 Å². The van der Waals surface area contributed by atoms with Gasteiger partial charge < -0.3 is 10.0 Å². The molecule has 0 spiro atoms. The molecule has 0 bridgehead atoms. The van der Waals surface area contributed by atoms with E-state index in [-0.39, 0.29) is 11.9 Å². The summed E-state index contributed by atoms with van der Waals surface area (Å²) >= 11 is 0. The van der Waals surface area contributed by atoms with Crippen LogP contribution in [0.5, 0.6) is 0 Å².